The lowest BCUT2D eigenvalue weighted by molar-refractivity contribution is 0.571. The van der Waals surface area contributed by atoms with Crippen LogP contribution in [0.3, 0.4) is 0 Å². The molecule has 76 valence electrons. The first-order chi connectivity index (χ1) is 6.74. The molecule has 1 N–H and O–H groups in total. The summed E-state index contributed by atoms with van der Waals surface area (Å²) in [7, 11) is 0. The molecule has 0 bridgehead atoms. The van der Waals surface area contributed by atoms with E-state index in [9.17, 15) is 0 Å². The van der Waals surface area contributed by atoms with Gasteiger partial charge in [-0.1, -0.05) is 43.8 Å². The van der Waals surface area contributed by atoms with E-state index in [1.54, 1.807) is 0 Å². The van der Waals surface area contributed by atoms with Crippen molar-refractivity contribution in [3.63, 3.8) is 0 Å². The maximum absolute atomic E-state index is 4.07. The van der Waals surface area contributed by atoms with E-state index < -0.39 is 0 Å². The molecular weight excluding hydrogens is 170 g/mol. The van der Waals surface area contributed by atoms with Crippen molar-refractivity contribution in [1.82, 2.24) is 5.32 Å². The Kier molecular flexibility index (Phi) is 4.41. The van der Waals surface area contributed by atoms with Crippen molar-refractivity contribution in [2.24, 2.45) is 0 Å². The Balaban J connectivity index is 2.44. The maximum Gasteiger partial charge on any atom is 0.0208 e. The Bertz CT molecular complexity index is 277. The molecule has 1 rings (SSSR count). The van der Waals surface area contributed by atoms with Crippen molar-refractivity contribution in [2.45, 2.75) is 26.3 Å². The van der Waals surface area contributed by atoms with Crippen molar-refractivity contribution >= 4 is 5.57 Å². The fourth-order valence-electron chi connectivity index (χ4n) is 1.22. The van der Waals surface area contributed by atoms with Gasteiger partial charge in [-0.3, -0.25) is 0 Å². The third-order valence-electron chi connectivity index (χ3n) is 2.46. The Morgan fingerprint density at radius 2 is 2.00 bits per heavy atom. The van der Waals surface area contributed by atoms with Crippen molar-refractivity contribution in [3.8, 4) is 0 Å². The molecule has 14 heavy (non-hydrogen) atoms. The summed E-state index contributed by atoms with van der Waals surface area (Å²) in [6.45, 7) is 9.32. The first-order valence-electron chi connectivity index (χ1n) is 5.20. The number of benzene rings is 1. The summed E-state index contributed by atoms with van der Waals surface area (Å²) < 4.78 is 0. The molecule has 1 aromatic rings. The van der Waals surface area contributed by atoms with E-state index in [1.807, 2.05) is 18.2 Å². The van der Waals surface area contributed by atoms with E-state index >= 15 is 0 Å². The molecule has 1 heteroatoms. The highest BCUT2D eigenvalue weighted by atomic mass is 14.9. The minimum atomic E-state index is 0.565. The summed E-state index contributed by atoms with van der Waals surface area (Å²) in [4.78, 5) is 0. The lowest BCUT2D eigenvalue weighted by Crippen LogP contribution is -2.26. The van der Waals surface area contributed by atoms with Gasteiger partial charge in [0.25, 0.3) is 0 Å². The van der Waals surface area contributed by atoms with Gasteiger partial charge in [-0.15, -0.1) is 0 Å². The van der Waals surface area contributed by atoms with Crippen LogP contribution in [-0.4, -0.2) is 12.6 Å². The van der Waals surface area contributed by atoms with Gasteiger partial charge in [0.15, 0.2) is 0 Å². The predicted molar refractivity (Wildman–Crippen MR) is 63.2 cm³/mol. The van der Waals surface area contributed by atoms with E-state index in [0.29, 0.717) is 6.04 Å². The highest BCUT2D eigenvalue weighted by Gasteiger charge is 2.00. The second-order valence-corrected chi connectivity index (χ2v) is 3.66. The summed E-state index contributed by atoms with van der Waals surface area (Å²) in [6, 6.07) is 10.9. The Labute approximate surface area is 86.8 Å². The number of nitrogens with one attached hydrogen (secondary N) is 1. The van der Waals surface area contributed by atoms with Crippen LogP contribution >= 0.6 is 0 Å². The molecule has 0 aromatic heterocycles. The fraction of sp³-hybridized carbons (Fsp3) is 0.385. The highest BCUT2D eigenvalue weighted by Crippen LogP contribution is 2.10. The minimum Gasteiger partial charge on any atom is -0.310 e. The van der Waals surface area contributed by atoms with E-state index in [4.69, 9.17) is 0 Å². The van der Waals surface area contributed by atoms with Gasteiger partial charge < -0.3 is 5.32 Å². The van der Waals surface area contributed by atoms with Crippen LogP contribution in [0.2, 0.25) is 0 Å². The molecule has 0 saturated heterocycles. The Morgan fingerprint density at radius 3 is 2.57 bits per heavy atom. The summed E-state index contributed by atoms with van der Waals surface area (Å²) in [5, 5.41) is 3.43. The van der Waals surface area contributed by atoms with Gasteiger partial charge in [0.1, 0.15) is 0 Å². The standard InChI is InChI=1S/C13H19N/c1-4-12(3)14-10-11(2)13-8-6-5-7-9-13/h5-9,12,14H,2,4,10H2,1,3H3. The quantitative estimate of drug-likeness (QED) is 0.750. The monoisotopic (exact) mass is 189 g/mol. The molecule has 0 fully saturated rings. The summed E-state index contributed by atoms with van der Waals surface area (Å²) in [5.74, 6) is 0. The predicted octanol–water partition coefficient (Wildman–Crippen LogP) is 3.09. The van der Waals surface area contributed by atoms with Gasteiger partial charge in [0.2, 0.25) is 0 Å². The van der Waals surface area contributed by atoms with Crippen LogP contribution in [0.25, 0.3) is 5.57 Å². The van der Waals surface area contributed by atoms with Gasteiger partial charge in [0, 0.05) is 12.6 Å². The third kappa shape index (κ3) is 3.35. The molecule has 1 atom stereocenters. The zero-order valence-corrected chi connectivity index (χ0v) is 9.09. The first-order valence-corrected chi connectivity index (χ1v) is 5.20. The van der Waals surface area contributed by atoms with Gasteiger partial charge in [-0.2, -0.15) is 0 Å². The van der Waals surface area contributed by atoms with Crippen LogP contribution in [0.5, 0.6) is 0 Å². The largest absolute Gasteiger partial charge is 0.310 e. The van der Waals surface area contributed by atoms with E-state index in [-0.39, 0.29) is 0 Å². The molecule has 0 radical (unpaired) electrons. The zero-order valence-electron chi connectivity index (χ0n) is 9.09. The highest BCUT2D eigenvalue weighted by molar-refractivity contribution is 5.64. The molecule has 0 heterocycles. The minimum absolute atomic E-state index is 0.565. The zero-order chi connectivity index (χ0) is 10.4. The second kappa shape index (κ2) is 5.61. The van der Waals surface area contributed by atoms with Crippen LogP contribution in [0.4, 0.5) is 0 Å². The second-order valence-electron chi connectivity index (χ2n) is 3.66. The van der Waals surface area contributed by atoms with Gasteiger partial charge >= 0.3 is 0 Å². The molecule has 1 aromatic carbocycles. The van der Waals surface area contributed by atoms with Crippen LogP contribution in [0, 0.1) is 0 Å². The molecule has 0 saturated carbocycles. The topological polar surface area (TPSA) is 12.0 Å². The summed E-state index contributed by atoms with van der Waals surface area (Å²) in [6.07, 6.45) is 1.15. The lowest BCUT2D eigenvalue weighted by Gasteiger charge is -2.12. The molecule has 0 aliphatic heterocycles. The number of hydrogen-bond donors (Lipinski definition) is 1. The van der Waals surface area contributed by atoms with Gasteiger partial charge in [-0.25, -0.2) is 0 Å². The van der Waals surface area contributed by atoms with Gasteiger partial charge in [-0.05, 0) is 24.5 Å². The average molecular weight is 189 g/mol. The molecule has 0 aliphatic carbocycles. The lowest BCUT2D eigenvalue weighted by atomic mass is 10.1. The normalized spacial score (nSPS) is 12.4. The SMILES string of the molecule is C=C(CNC(C)CC)c1ccccc1. The van der Waals surface area contributed by atoms with E-state index in [2.05, 4.69) is 37.9 Å². The fourth-order valence-corrected chi connectivity index (χ4v) is 1.22. The molecular formula is C13H19N. The molecule has 0 spiro atoms. The van der Waals surface area contributed by atoms with E-state index in [1.165, 1.54) is 5.56 Å². The Hall–Kier alpha value is -1.08. The first kappa shape index (κ1) is 11.0. The summed E-state index contributed by atoms with van der Waals surface area (Å²) >= 11 is 0. The number of rotatable bonds is 5. The summed E-state index contributed by atoms with van der Waals surface area (Å²) in [5.41, 5.74) is 2.38. The van der Waals surface area contributed by atoms with Crippen LogP contribution < -0.4 is 5.32 Å². The maximum atomic E-state index is 4.07. The smallest absolute Gasteiger partial charge is 0.0208 e. The third-order valence-corrected chi connectivity index (χ3v) is 2.46. The molecule has 0 amide bonds. The van der Waals surface area contributed by atoms with Crippen LogP contribution in [0.1, 0.15) is 25.8 Å². The van der Waals surface area contributed by atoms with Crippen LogP contribution in [0.15, 0.2) is 36.9 Å². The average Bonchev–Trinajstić information content (AvgIpc) is 2.26. The van der Waals surface area contributed by atoms with Crippen molar-refractivity contribution in [3.05, 3.63) is 42.5 Å². The molecule has 1 nitrogen and oxygen atoms in total. The number of hydrogen-bond acceptors (Lipinski definition) is 1. The van der Waals surface area contributed by atoms with Crippen molar-refractivity contribution in [2.75, 3.05) is 6.54 Å². The Morgan fingerprint density at radius 1 is 1.36 bits per heavy atom. The molecule has 0 aliphatic rings. The van der Waals surface area contributed by atoms with Gasteiger partial charge in [0.05, 0.1) is 0 Å². The van der Waals surface area contributed by atoms with Crippen molar-refractivity contribution in [1.29, 1.82) is 0 Å². The van der Waals surface area contributed by atoms with Crippen LogP contribution in [-0.2, 0) is 0 Å². The van der Waals surface area contributed by atoms with E-state index in [0.717, 1.165) is 18.5 Å². The molecule has 1 unspecified atom stereocenters. The van der Waals surface area contributed by atoms with Crippen molar-refractivity contribution < 1.29 is 0 Å².